The number of rotatable bonds is 6. The number of urea groups is 1. The summed E-state index contributed by atoms with van der Waals surface area (Å²) < 4.78 is 0. The van der Waals surface area contributed by atoms with Gasteiger partial charge in [-0.2, -0.15) is 0 Å². The molecule has 0 aromatic heterocycles. The van der Waals surface area contributed by atoms with Gasteiger partial charge >= 0.3 is 6.03 Å². The van der Waals surface area contributed by atoms with Gasteiger partial charge in [0.25, 0.3) is 5.91 Å². The fraction of sp³-hybridized carbons (Fsp3) is 0.160. The smallest absolute Gasteiger partial charge is 0.325 e. The molecule has 1 unspecified atom stereocenters. The molecule has 3 aromatic carbocycles. The third-order valence-corrected chi connectivity index (χ3v) is 5.20. The summed E-state index contributed by atoms with van der Waals surface area (Å²) in [7, 11) is 0. The molecular formula is C25H23N3O3. The number of carbonyl (C=O) groups excluding carboxylic acids is 3. The van der Waals surface area contributed by atoms with Gasteiger partial charge in [-0.3, -0.25) is 14.5 Å². The van der Waals surface area contributed by atoms with Crippen LogP contribution >= 0.6 is 0 Å². The molecule has 0 saturated carbocycles. The Labute approximate surface area is 181 Å². The number of hydrogen-bond acceptors (Lipinski definition) is 3. The van der Waals surface area contributed by atoms with Crippen LogP contribution < -0.4 is 5.32 Å². The first-order valence-corrected chi connectivity index (χ1v) is 10.1. The number of hydrogen-bond donors (Lipinski definition) is 1. The fourth-order valence-corrected chi connectivity index (χ4v) is 3.75. The lowest BCUT2D eigenvalue weighted by atomic mass is 10.1. The normalized spacial score (nSPS) is 16.0. The van der Waals surface area contributed by atoms with Gasteiger partial charge in [-0.25, -0.2) is 4.79 Å². The Morgan fingerprint density at radius 2 is 1.58 bits per heavy atom. The number of nitrogens with zero attached hydrogens (tertiary/aromatic N) is 2. The molecule has 0 radical (unpaired) electrons. The number of benzene rings is 3. The minimum Gasteiger partial charge on any atom is -0.325 e. The maximum absolute atomic E-state index is 13.2. The van der Waals surface area contributed by atoms with Gasteiger partial charge in [0.15, 0.2) is 0 Å². The van der Waals surface area contributed by atoms with E-state index < -0.39 is 23.9 Å². The molecule has 1 fully saturated rings. The highest BCUT2D eigenvalue weighted by Gasteiger charge is 2.46. The highest BCUT2D eigenvalue weighted by Crippen LogP contribution is 2.32. The molecule has 31 heavy (non-hydrogen) atoms. The number of carbonyl (C=O) groups is 3. The van der Waals surface area contributed by atoms with Crippen molar-refractivity contribution in [2.45, 2.75) is 19.5 Å². The predicted octanol–water partition coefficient (Wildman–Crippen LogP) is 4.14. The van der Waals surface area contributed by atoms with Crippen LogP contribution in [0.15, 0.2) is 84.9 Å². The van der Waals surface area contributed by atoms with E-state index in [-0.39, 0.29) is 13.1 Å². The second kappa shape index (κ2) is 8.83. The highest BCUT2D eigenvalue weighted by atomic mass is 16.2. The molecule has 1 N–H and O–H groups in total. The van der Waals surface area contributed by atoms with Gasteiger partial charge < -0.3 is 10.2 Å². The van der Waals surface area contributed by atoms with Crippen molar-refractivity contribution in [2.24, 2.45) is 0 Å². The van der Waals surface area contributed by atoms with Crippen LogP contribution in [0.25, 0.3) is 0 Å². The first-order valence-electron chi connectivity index (χ1n) is 10.1. The Morgan fingerprint density at radius 1 is 0.903 bits per heavy atom. The zero-order valence-corrected chi connectivity index (χ0v) is 17.2. The number of aryl methyl sites for hydroxylation is 1. The molecule has 6 heteroatoms. The van der Waals surface area contributed by atoms with Gasteiger partial charge in [0.2, 0.25) is 5.91 Å². The van der Waals surface area contributed by atoms with E-state index in [1.165, 1.54) is 4.90 Å². The predicted molar refractivity (Wildman–Crippen MR) is 118 cm³/mol. The summed E-state index contributed by atoms with van der Waals surface area (Å²) in [4.78, 5) is 41.6. The monoisotopic (exact) mass is 413 g/mol. The lowest BCUT2D eigenvalue weighted by molar-refractivity contribution is -0.131. The molecule has 4 rings (SSSR count). The zero-order valence-electron chi connectivity index (χ0n) is 17.2. The standard InChI is InChI=1S/C25H23N3O3/c1-18-9-8-14-21(15-18)26-22(29)17-28-24(30)23(20-12-6-3-7-13-20)27(25(28)31)16-19-10-4-2-5-11-19/h2-15,23H,16-17H2,1H3,(H,26,29). The Kier molecular flexibility index (Phi) is 5.80. The third kappa shape index (κ3) is 4.48. The Bertz CT molecular complexity index is 1100. The van der Waals surface area contributed by atoms with Crippen LogP contribution in [0.4, 0.5) is 10.5 Å². The first kappa shape index (κ1) is 20.3. The van der Waals surface area contributed by atoms with Gasteiger partial charge in [0, 0.05) is 12.2 Å². The maximum Gasteiger partial charge on any atom is 0.328 e. The molecule has 1 atom stereocenters. The Hall–Kier alpha value is -3.93. The molecule has 4 amide bonds. The van der Waals surface area contributed by atoms with Crippen LogP contribution in [-0.2, 0) is 16.1 Å². The average molecular weight is 413 g/mol. The van der Waals surface area contributed by atoms with Gasteiger partial charge in [-0.1, -0.05) is 72.8 Å². The largest absolute Gasteiger partial charge is 0.328 e. The lowest BCUT2D eigenvalue weighted by Gasteiger charge is -2.22. The molecule has 1 aliphatic rings. The van der Waals surface area contributed by atoms with E-state index in [9.17, 15) is 14.4 Å². The van der Waals surface area contributed by atoms with E-state index in [0.29, 0.717) is 5.69 Å². The molecule has 0 bridgehead atoms. The maximum atomic E-state index is 13.2. The Morgan fingerprint density at radius 3 is 2.26 bits per heavy atom. The minimum absolute atomic E-state index is 0.279. The van der Waals surface area contributed by atoms with E-state index >= 15 is 0 Å². The zero-order chi connectivity index (χ0) is 21.8. The average Bonchev–Trinajstić information content (AvgIpc) is 2.99. The number of anilines is 1. The second-order valence-electron chi connectivity index (χ2n) is 7.55. The minimum atomic E-state index is -0.763. The molecule has 3 aromatic rings. The molecule has 1 aliphatic heterocycles. The van der Waals surface area contributed by atoms with Gasteiger partial charge in [-0.05, 0) is 35.7 Å². The van der Waals surface area contributed by atoms with Crippen molar-refractivity contribution in [1.82, 2.24) is 9.80 Å². The van der Waals surface area contributed by atoms with E-state index in [1.807, 2.05) is 85.8 Å². The second-order valence-corrected chi connectivity index (χ2v) is 7.55. The van der Waals surface area contributed by atoms with E-state index in [1.54, 1.807) is 6.07 Å². The van der Waals surface area contributed by atoms with Crippen molar-refractivity contribution < 1.29 is 14.4 Å². The summed E-state index contributed by atoms with van der Waals surface area (Å²) in [5.41, 5.74) is 3.27. The van der Waals surface area contributed by atoms with Gasteiger partial charge in [0.05, 0.1) is 0 Å². The van der Waals surface area contributed by atoms with Crippen molar-refractivity contribution in [3.8, 4) is 0 Å². The highest BCUT2D eigenvalue weighted by molar-refractivity contribution is 6.08. The summed E-state index contributed by atoms with van der Waals surface area (Å²) in [6.07, 6.45) is 0. The summed E-state index contributed by atoms with van der Waals surface area (Å²) in [5, 5.41) is 2.77. The molecule has 6 nitrogen and oxygen atoms in total. The summed E-state index contributed by atoms with van der Waals surface area (Å²) >= 11 is 0. The number of imide groups is 1. The van der Waals surface area contributed by atoms with Crippen LogP contribution in [0.3, 0.4) is 0 Å². The SMILES string of the molecule is Cc1cccc(NC(=O)CN2C(=O)C(c3ccccc3)N(Cc3ccccc3)C2=O)c1. The first-order chi connectivity index (χ1) is 15.0. The van der Waals surface area contributed by atoms with E-state index in [0.717, 1.165) is 21.6 Å². The van der Waals surface area contributed by atoms with Crippen molar-refractivity contribution in [3.63, 3.8) is 0 Å². The number of nitrogens with one attached hydrogen (secondary N) is 1. The molecule has 1 saturated heterocycles. The lowest BCUT2D eigenvalue weighted by Crippen LogP contribution is -2.38. The number of amides is 4. The molecular weight excluding hydrogens is 390 g/mol. The van der Waals surface area contributed by atoms with Crippen molar-refractivity contribution in [3.05, 3.63) is 102 Å². The van der Waals surface area contributed by atoms with E-state index in [2.05, 4.69) is 5.32 Å². The van der Waals surface area contributed by atoms with E-state index in [4.69, 9.17) is 0 Å². The summed E-state index contributed by atoms with van der Waals surface area (Å²) in [5.74, 6) is -0.813. The third-order valence-electron chi connectivity index (χ3n) is 5.20. The Balaban J connectivity index is 1.57. The summed E-state index contributed by atoms with van der Waals surface area (Å²) in [6, 6.07) is 24.8. The van der Waals surface area contributed by atoms with Crippen LogP contribution in [0.5, 0.6) is 0 Å². The van der Waals surface area contributed by atoms with Gasteiger partial charge in [0.1, 0.15) is 12.6 Å². The summed E-state index contributed by atoms with van der Waals surface area (Å²) in [6.45, 7) is 1.87. The van der Waals surface area contributed by atoms with Gasteiger partial charge in [-0.15, -0.1) is 0 Å². The quantitative estimate of drug-likeness (QED) is 0.618. The van der Waals surface area contributed by atoms with Crippen LogP contribution in [-0.4, -0.2) is 34.2 Å². The molecule has 156 valence electrons. The fourth-order valence-electron chi connectivity index (χ4n) is 3.75. The van der Waals surface area contributed by atoms with Crippen molar-refractivity contribution >= 4 is 23.5 Å². The topological polar surface area (TPSA) is 69.7 Å². The van der Waals surface area contributed by atoms with Crippen LogP contribution in [0.1, 0.15) is 22.7 Å². The van der Waals surface area contributed by atoms with Crippen molar-refractivity contribution in [2.75, 3.05) is 11.9 Å². The van der Waals surface area contributed by atoms with Crippen LogP contribution in [0.2, 0.25) is 0 Å². The molecule has 0 spiro atoms. The molecule has 0 aliphatic carbocycles. The molecule has 1 heterocycles. The van der Waals surface area contributed by atoms with Crippen molar-refractivity contribution in [1.29, 1.82) is 0 Å². The van der Waals surface area contributed by atoms with Crippen LogP contribution in [0, 0.1) is 6.92 Å².